The molecule has 0 fully saturated rings. The van der Waals surface area contributed by atoms with Gasteiger partial charge in [0.1, 0.15) is 0 Å². The van der Waals surface area contributed by atoms with E-state index < -0.39 is 0 Å². The largest absolute Gasteiger partial charge is 0.0836 e. The zero-order valence-electron chi connectivity index (χ0n) is 7.90. The molecular weight excluding hydrogens is 286 g/mol. The summed E-state index contributed by atoms with van der Waals surface area (Å²) in [6.07, 6.45) is 0. The number of benzene rings is 2. The van der Waals surface area contributed by atoms with Gasteiger partial charge in [0.05, 0.1) is 20.1 Å². The Morgan fingerprint density at radius 3 is 1.94 bits per heavy atom. The van der Waals surface area contributed by atoms with Crippen molar-refractivity contribution in [3.8, 4) is 11.1 Å². The van der Waals surface area contributed by atoms with Crippen LogP contribution in [-0.4, -0.2) is 0 Å². The summed E-state index contributed by atoms with van der Waals surface area (Å²) in [5, 5.41) is 2.04. The van der Waals surface area contributed by atoms with Gasteiger partial charge in [0.25, 0.3) is 0 Å². The molecule has 0 unspecified atom stereocenters. The lowest BCUT2D eigenvalue weighted by atomic mass is 10.1. The molecule has 16 heavy (non-hydrogen) atoms. The minimum absolute atomic E-state index is 0.471. The first-order valence-corrected chi connectivity index (χ1v) is 5.91. The van der Waals surface area contributed by atoms with E-state index >= 15 is 0 Å². The van der Waals surface area contributed by atoms with Crippen molar-refractivity contribution in [1.82, 2.24) is 0 Å². The molecule has 0 aliphatic carbocycles. The predicted octanol–water partition coefficient (Wildman–Crippen LogP) is 5.77. The van der Waals surface area contributed by atoms with Crippen LogP contribution < -0.4 is 0 Å². The molecule has 0 bridgehead atoms. The Labute approximate surface area is 114 Å². The van der Waals surface area contributed by atoms with Crippen LogP contribution in [0.4, 0.5) is 0 Å². The van der Waals surface area contributed by atoms with Crippen molar-refractivity contribution in [3.05, 3.63) is 56.5 Å². The van der Waals surface area contributed by atoms with Gasteiger partial charge in [0.15, 0.2) is 0 Å². The summed E-state index contributed by atoms with van der Waals surface area (Å²) >= 11 is 23.9. The molecule has 2 aromatic rings. The Hall–Kier alpha value is -0.400. The van der Waals surface area contributed by atoms with Crippen LogP contribution in [0.3, 0.4) is 0 Å². The second-order valence-electron chi connectivity index (χ2n) is 3.16. The Balaban J connectivity index is 2.63. The van der Waals surface area contributed by atoms with Gasteiger partial charge in [0.2, 0.25) is 0 Å². The Morgan fingerprint density at radius 1 is 0.750 bits per heavy atom. The zero-order valence-corrected chi connectivity index (χ0v) is 10.9. The van der Waals surface area contributed by atoms with Gasteiger partial charge in [0, 0.05) is 5.56 Å². The lowest BCUT2D eigenvalue weighted by Crippen LogP contribution is -1.82. The molecule has 4 heteroatoms. The lowest BCUT2D eigenvalue weighted by Gasteiger charge is -2.07. The number of hydrogen-bond donors (Lipinski definition) is 0. The first-order chi connectivity index (χ1) is 7.59. The van der Waals surface area contributed by atoms with Crippen molar-refractivity contribution >= 4 is 46.4 Å². The van der Waals surface area contributed by atoms with Crippen LogP contribution in [0.5, 0.6) is 0 Å². The highest BCUT2D eigenvalue weighted by Gasteiger charge is 2.09. The average molecular weight is 291 g/mol. The van der Waals surface area contributed by atoms with Gasteiger partial charge in [-0.1, -0.05) is 52.5 Å². The molecule has 0 aliphatic heterocycles. The van der Waals surface area contributed by atoms with Crippen molar-refractivity contribution in [3.63, 3.8) is 0 Å². The van der Waals surface area contributed by atoms with E-state index in [0.717, 1.165) is 11.1 Å². The van der Waals surface area contributed by atoms with E-state index in [4.69, 9.17) is 46.4 Å². The molecule has 2 aromatic carbocycles. The van der Waals surface area contributed by atoms with E-state index in [9.17, 15) is 0 Å². The van der Waals surface area contributed by atoms with Crippen molar-refractivity contribution in [2.75, 3.05) is 0 Å². The second-order valence-corrected chi connectivity index (χ2v) is 4.78. The number of halogens is 4. The van der Waals surface area contributed by atoms with Crippen LogP contribution in [0.15, 0.2) is 30.3 Å². The predicted molar refractivity (Wildman–Crippen MR) is 70.8 cm³/mol. The van der Waals surface area contributed by atoms with E-state index in [1.54, 1.807) is 24.3 Å². The third kappa shape index (κ3) is 2.31. The average Bonchev–Trinajstić information content (AvgIpc) is 2.23. The molecule has 0 saturated heterocycles. The summed E-state index contributed by atoms with van der Waals surface area (Å²) in [4.78, 5) is 0. The maximum absolute atomic E-state index is 6.06. The molecule has 1 radical (unpaired) electrons. The summed E-state index contributed by atoms with van der Waals surface area (Å²) in [7, 11) is 0. The fourth-order valence-corrected chi connectivity index (χ4v) is 2.27. The molecule has 0 aromatic heterocycles. The molecule has 0 N–H and O–H groups in total. The monoisotopic (exact) mass is 289 g/mol. The van der Waals surface area contributed by atoms with E-state index in [2.05, 4.69) is 6.07 Å². The SMILES string of the molecule is Clc1ccc(-c2c(Cl)c[c]cc2Cl)cc1Cl. The van der Waals surface area contributed by atoms with Crippen LogP contribution in [0, 0.1) is 6.07 Å². The van der Waals surface area contributed by atoms with Crippen LogP contribution >= 0.6 is 46.4 Å². The highest BCUT2D eigenvalue weighted by molar-refractivity contribution is 6.42. The van der Waals surface area contributed by atoms with Crippen LogP contribution in [0.1, 0.15) is 0 Å². The van der Waals surface area contributed by atoms with Crippen LogP contribution in [0.25, 0.3) is 11.1 Å². The van der Waals surface area contributed by atoms with Gasteiger partial charge >= 0.3 is 0 Å². The molecule has 0 aliphatic rings. The molecular formula is C12H5Cl4. The summed E-state index contributed by atoms with van der Waals surface area (Å²) in [6.45, 7) is 0. The van der Waals surface area contributed by atoms with Gasteiger partial charge in [-0.25, -0.2) is 0 Å². The first kappa shape index (κ1) is 12.1. The van der Waals surface area contributed by atoms with E-state index in [1.165, 1.54) is 0 Å². The van der Waals surface area contributed by atoms with Crippen LogP contribution in [0.2, 0.25) is 20.1 Å². The van der Waals surface area contributed by atoms with Crippen LogP contribution in [-0.2, 0) is 0 Å². The Kier molecular flexibility index (Phi) is 3.66. The fourth-order valence-electron chi connectivity index (χ4n) is 1.37. The van der Waals surface area contributed by atoms with Gasteiger partial charge in [-0.05, 0) is 35.9 Å². The molecule has 0 amide bonds. The Morgan fingerprint density at radius 2 is 1.38 bits per heavy atom. The quantitative estimate of drug-likeness (QED) is 0.626. The summed E-state index contributed by atoms with van der Waals surface area (Å²) in [5.41, 5.74) is 1.57. The second kappa shape index (κ2) is 4.85. The fraction of sp³-hybridized carbons (Fsp3) is 0. The lowest BCUT2D eigenvalue weighted by molar-refractivity contribution is 1.61. The van der Waals surface area contributed by atoms with E-state index in [-0.39, 0.29) is 0 Å². The van der Waals surface area contributed by atoms with Gasteiger partial charge in [-0.3, -0.25) is 0 Å². The molecule has 0 spiro atoms. The smallest absolute Gasteiger partial charge is 0.0598 e. The third-order valence-electron chi connectivity index (χ3n) is 2.11. The number of rotatable bonds is 1. The van der Waals surface area contributed by atoms with Gasteiger partial charge in [-0.15, -0.1) is 0 Å². The topological polar surface area (TPSA) is 0 Å². The third-order valence-corrected chi connectivity index (χ3v) is 3.44. The molecule has 2 rings (SSSR count). The van der Waals surface area contributed by atoms with E-state index in [1.807, 2.05) is 6.07 Å². The van der Waals surface area contributed by atoms with Gasteiger partial charge < -0.3 is 0 Å². The van der Waals surface area contributed by atoms with Gasteiger partial charge in [-0.2, -0.15) is 0 Å². The minimum Gasteiger partial charge on any atom is -0.0836 e. The molecule has 0 saturated carbocycles. The molecule has 0 atom stereocenters. The summed E-state index contributed by atoms with van der Waals surface area (Å²) in [5.74, 6) is 0. The van der Waals surface area contributed by atoms with Crippen molar-refractivity contribution in [1.29, 1.82) is 0 Å². The Bertz CT molecular complexity index is 514. The summed E-state index contributed by atoms with van der Waals surface area (Å²) in [6, 6.07) is 11.4. The van der Waals surface area contributed by atoms with E-state index in [0.29, 0.717) is 20.1 Å². The first-order valence-electron chi connectivity index (χ1n) is 4.40. The van der Waals surface area contributed by atoms with Crippen molar-refractivity contribution < 1.29 is 0 Å². The maximum Gasteiger partial charge on any atom is 0.0598 e. The molecule has 0 nitrogen and oxygen atoms in total. The molecule has 0 heterocycles. The highest BCUT2D eigenvalue weighted by atomic mass is 35.5. The number of hydrogen-bond acceptors (Lipinski definition) is 0. The standard InChI is InChI=1S/C12H5Cl4/c13-8-5-4-7(6-11(8)16)12-9(14)2-1-3-10(12)15/h2-6H. The zero-order chi connectivity index (χ0) is 11.7. The molecule has 81 valence electrons. The van der Waals surface area contributed by atoms with Crippen molar-refractivity contribution in [2.45, 2.75) is 0 Å². The normalized spacial score (nSPS) is 10.5. The maximum atomic E-state index is 6.06. The highest BCUT2D eigenvalue weighted by Crippen LogP contribution is 2.36. The summed E-state index contributed by atoms with van der Waals surface area (Å²) < 4.78 is 0. The minimum atomic E-state index is 0.471. The van der Waals surface area contributed by atoms with Crippen molar-refractivity contribution in [2.24, 2.45) is 0 Å².